The number of hydrogen-bond donors (Lipinski definition) is 1. The van der Waals surface area contributed by atoms with E-state index in [4.69, 9.17) is 5.11 Å². The quantitative estimate of drug-likeness (QED) is 0.816. The molecule has 0 saturated carbocycles. The monoisotopic (exact) mass is 283 g/mol. The molecule has 4 heteroatoms. The maximum atomic E-state index is 10.4. The second-order valence-electron chi connectivity index (χ2n) is 5.05. The van der Waals surface area contributed by atoms with Crippen LogP contribution in [0.15, 0.2) is 30.3 Å². The Hall–Kier alpha value is -1.06. The van der Waals surface area contributed by atoms with E-state index in [0.29, 0.717) is 12.3 Å². The molecule has 1 aromatic carbocycles. The average Bonchev–Trinajstić information content (AvgIpc) is 2.84. The summed E-state index contributed by atoms with van der Waals surface area (Å²) in [6.07, 6.45) is 3.31. The van der Waals surface area contributed by atoms with Crippen molar-refractivity contribution in [2.24, 2.45) is 0 Å². The van der Waals surface area contributed by atoms with Crippen LogP contribution in [0.1, 0.15) is 37.2 Å². The van der Waals surface area contributed by atoms with Crippen LogP contribution in [-0.2, 0) is 4.79 Å². The Kier molecular flexibility index (Phi) is 6.89. The molecule has 1 aliphatic heterocycles. The fourth-order valence-corrected chi connectivity index (χ4v) is 2.64. The van der Waals surface area contributed by atoms with Crippen molar-refractivity contribution in [3.8, 4) is 0 Å². The molecular weight excluding hydrogens is 262 g/mol. The van der Waals surface area contributed by atoms with Crippen LogP contribution in [-0.4, -0.2) is 35.6 Å². The van der Waals surface area contributed by atoms with E-state index >= 15 is 0 Å². The number of nitrogens with zero attached hydrogens (tertiary/aromatic N) is 1. The van der Waals surface area contributed by atoms with E-state index in [9.17, 15) is 4.79 Å². The molecule has 19 heavy (non-hydrogen) atoms. The number of rotatable bonds is 6. The lowest BCUT2D eigenvalue weighted by Crippen LogP contribution is -2.21. The van der Waals surface area contributed by atoms with Crippen LogP contribution in [0.25, 0.3) is 0 Å². The van der Waals surface area contributed by atoms with E-state index in [1.165, 1.54) is 12.0 Å². The zero-order chi connectivity index (χ0) is 12.8. The van der Waals surface area contributed by atoms with Crippen molar-refractivity contribution in [3.05, 3.63) is 35.9 Å². The number of aliphatic carboxylic acids is 1. The Morgan fingerprint density at radius 2 is 2.00 bits per heavy atom. The number of unbranched alkanes of at least 4 members (excludes halogenated alkanes) is 1. The zero-order valence-electron chi connectivity index (χ0n) is 11.1. The van der Waals surface area contributed by atoms with Gasteiger partial charge >= 0.3 is 5.97 Å². The summed E-state index contributed by atoms with van der Waals surface area (Å²) in [5.74, 6) is -0.0238. The van der Waals surface area contributed by atoms with Crippen molar-refractivity contribution >= 4 is 18.4 Å². The van der Waals surface area contributed by atoms with Crippen molar-refractivity contribution in [2.45, 2.75) is 31.6 Å². The van der Waals surface area contributed by atoms with Crippen molar-refractivity contribution in [3.63, 3.8) is 0 Å². The van der Waals surface area contributed by atoms with Gasteiger partial charge in [0.05, 0.1) is 0 Å². The lowest BCUT2D eigenvalue weighted by molar-refractivity contribution is -0.137. The molecule has 106 valence electrons. The van der Waals surface area contributed by atoms with Crippen LogP contribution >= 0.6 is 12.4 Å². The summed E-state index contributed by atoms with van der Waals surface area (Å²) < 4.78 is 0. The first-order valence-electron chi connectivity index (χ1n) is 6.75. The van der Waals surface area contributed by atoms with Gasteiger partial charge in [-0.05, 0) is 43.8 Å². The van der Waals surface area contributed by atoms with Crippen molar-refractivity contribution < 1.29 is 9.90 Å². The van der Waals surface area contributed by atoms with Crippen molar-refractivity contribution in [1.29, 1.82) is 0 Å². The third kappa shape index (κ3) is 5.21. The Bertz CT molecular complexity index is 383. The molecule has 1 heterocycles. The molecule has 1 aliphatic rings. The molecule has 1 N–H and O–H groups in total. The van der Waals surface area contributed by atoms with E-state index in [0.717, 1.165) is 32.5 Å². The minimum absolute atomic E-state index is 0. The SMILES string of the molecule is Cl.O=C(O)CCCCN1CCC(c2ccccc2)C1. The number of hydrogen-bond acceptors (Lipinski definition) is 2. The highest BCUT2D eigenvalue weighted by Gasteiger charge is 2.22. The number of carboxylic acids is 1. The summed E-state index contributed by atoms with van der Waals surface area (Å²) in [4.78, 5) is 12.9. The molecule has 0 aromatic heterocycles. The molecule has 0 radical (unpaired) electrons. The molecular formula is C15H22ClNO2. The van der Waals surface area contributed by atoms with E-state index in [-0.39, 0.29) is 12.4 Å². The Labute approximate surface area is 121 Å². The minimum Gasteiger partial charge on any atom is -0.481 e. The van der Waals surface area contributed by atoms with Crippen LogP contribution in [0.5, 0.6) is 0 Å². The molecule has 1 atom stereocenters. The van der Waals surface area contributed by atoms with Gasteiger partial charge in [-0.1, -0.05) is 30.3 Å². The van der Waals surface area contributed by atoms with Gasteiger partial charge in [0, 0.05) is 13.0 Å². The number of carbonyl (C=O) groups is 1. The standard InChI is InChI=1S/C15H21NO2.ClH/c17-15(18)8-4-5-10-16-11-9-14(12-16)13-6-2-1-3-7-13;/h1-3,6-7,14H,4-5,8-12H2,(H,17,18);1H. The Morgan fingerprint density at radius 3 is 2.68 bits per heavy atom. The molecule has 1 saturated heterocycles. The van der Waals surface area contributed by atoms with Gasteiger partial charge in [0.2, 0.25) is 0 Å². The Morgan fingerprint density at radius 1 is 1.26 bits per heavy atom. The molecule has 1 fully saturated rings. The van der Waals surface area contributed by atoms with Crippen molar-refractivity contribution in [2.75, 3.05) is 19.6 Å². The van der Waals surface area contributed by atoms with Gasteiger partial charge in [-0.2, -0.15) is 0 Å². The molecule has 0 spiro atoms. The molecule has 1 aromatic rings. The number of carboxylic acid groups (broad SMARTS) is 1. The summed E-state index contributed by atoms with van der Waals surface area (Å²) >= 11 is 0. The molecule has 0 bridgehead atoms. The van der Waals surface area contributed by atoms with Gasteiger partial charge in [-0.15, -0.1) is 12.4 Å². The smallest absolute Gasteiger partial charge is 0.303 e. The van der Waals surface area contributed by atoms with Gasteiger partial charge < -0.3 is 10.0 Å². The predicted octanol–water partition coefficient (Wildman–Crippen LogP) is 3.15. The summed E-state index contributed by atoms with van der Waals surface area (Å²) in [5, 5.41) is 8.58. The second kappa shape index (κ2) is 8.18. The maximum absolute atomic E-state index is 10.4. The second-order valence-corrected chi connectivity index (χ2v) is 5.05. The summed E-state index contributed by atoms with van der Waals surface area (Å²) in [5.41, 5.74) is 1.44. The zero-order valence-corrected chi connectivity index (χ0v) is 11.9. The van der Waals surface area contributed by atoms with Crippen LogP contribution in [0, 0.1) is 0 Å². The highest BCUT2D eigenvalue weighted by molar-refractivity contribution is 5.85. The first-order valence-corrected chi connectivity index (χ1v) is 6.75. The van der Waals surface area contributed by atoms with Crippen LogP contribution < -0.4 is 0 Å². The van der Waals surface area contributed by atoms with Gasteiger partial charge in [-0.25, -0.2) is 0 Å². The fourth-order valence-electron chi connectivity index (χ4n) is 2.64. The molecule has 2 rings (SSSR count). The highest BCUT2D eigenvalue weighted by atomic mass is 35.5. The Balaban J connectivity index is 0.00000180. The first-order chi connectivity index (χ1) is 8.75. The summed E-state index contributed by atoms with van der Waals surface area (Å²) in [6.45, 7) is 3.31. The molecule has 3 nitrogen and oxygen atoms in total. The van der Waals surface area contributed by atoms with Gasteiger partial charge in [0.1, 0.15) is 0 Å². The number of likely N-dealkylation sites (tertiary alicyclic amines) is 1. The van der Waals surface area contributed by atoms with Crippen molar-refractivity contribution in [1.82, 2.24) is 4.90 Å². The third-order valence-electron chi connectivity index (χ3n) is 3.66. The molecule has 1 unspecified atom stereocenters. The number of halogens is 1. The lowest BCUT2D eigenvalue weighted by atomic mass is 9.99. The third-order valence-corrected chi connectivity index (χ3v) is 3.66. The summed E-state index contributed by atoms with van der Waals surface area (Å²) in [6, 6.07) is 10.7. The highest BCUT2D eigenvalue weighted by Crippen LogP contribution is 2.26. The normalized spacial score (nSPS) is 19.1. The van der Waals surface area contributed by atoms with E-state index < -0.39 is 5.97 Å². The fraction of sp³-hybridized carbons (Fsp3) is 0.533. The van der Waals surface area contributed by atoms with Gasteiger partial charge in [0.25, 0.3) is 0 Å². The van der Waals surface area contributed by atoms with E-state index in [1.807, 2.05) is 0 Å². The minimum atomic E-state index is -0.682. The summed E-state index contributed by atoms with van der Waals surface area (Å²) in [7, 11) is 0. The average molecular weight is 284 g/mol. The molecule has 0 aliphatic carbocycles. The lowest BCUT2D eigenvalue weighted by Gasteiger charge is -2.15. The van der Waals surface area contributed by atoms with Gasteiger partial charge in [0.15, 0.2) is 0 Å². The largest absolute Gasteiger partial charge is 0.481 e. The van der Waals surface area contributed by atoms with Gasteiger partial charge in [-0.3, -0.25) is 4.79 Å². The van der Waals surface area contributed by atoms with E-state index in [1.54, 1.807) is 0 Å². The number of benzene rings is 1. The first kappa shape index (κ1) is 16.0. The van der Waals surface area contributed by atoms with E-state index in [2.05, 4.69) is 35.2 Å². The van der Waals surface area contributed by atoms with Crippen LogP contribution in [0.3, 0.4) is 0 Å². The van der Waals surface area contributed by atoms with Crippen LogP contribution in [0.4, 0.5) is 0 Å². The topological polar surface area (TPSA) is 40.5 Å². The molecule has 0 amide bonds. The maximum Gasteiger partial charge on any atom is 0.303 e. The van der Waals surface area contributed by atoms with Crippen LogP contribution in [0.2, 0.25) is 0 Å². The predicted molar refractivity (Wildman–Crippen MR) is 79.0 cm³/mol.